The molecular weight excluding hydrogens is 378 g/mol. The normalized spacial score (nSPS) is 11.3. The number of imidazole rings is 1. The van der Waals surface area contributed by atoms with Crippen molar-refractivity contribution in [1.82, 2.24) is 4.57 Å². The van der Waals surface area contributed by atoms with E-state index in [1.165, 1.54) is 5.56 Å². The SMILES string of the molecule is CCOC(=O)/C(=N\N(C)c1ccc(NCc2ccccc2)cc1)c1n(C)cc[n+]1C. The molecule has 2 aromatic carbocycles. The van der Waals surface area contributed by atoms with E-state index >= 15 is 0 Å². The Hall–Kier alpha value is -3.61. The largest absolute Gasteiger partial charge is 0.461 e. The van der Waals surface area contributed by atoms with Crippen LogP contribution in [-0.2, 0) is 30.2 Å². The van der Waals surface area contributed by atoms with Gasteiger partial charge in [0, 0.05) is 19.3 Å². The second kappa shape index (κ2) is 9.73. The standard InChI is InChI=1S/C23H28N5O2/c1-5-30-23(29)21(22-26(2)15-16-27(22)3)25-28(4)20-13-11-19(12-14-20)24-17-18-9-7-6-8-10-18/h6-16,24H,5,17H2,1-4H3/q+1. The lowest BCUT2D eigenvalue weighted by Gasteiger charge is -2.15. The molecule has 0 bridgehead atoms. The van der Waals surface area contributed by atoms with E-state index in [9.17, 15) is 4.79 Å². The molecule has 0 aliphatic heterocycles. The molecule has 0 amide bonds. The van der Waals surface area contributed by atoms with Gasteiger partial charge >= 0.3 is 11.8 Å². The van der Waals surface area contributed by atoms with Gasteiger partial charge in [0.25, 0.3) is 5.71 Å². The van der Waals surface area contributed by atoms with Crippen LogP contribution in [0, 0.1) is 0 Å². The quantitative estimate of drug-likeness (QED) is 0.270. The highest BCUT2D eigenvalue weighted by Gasteiger charge is 2.28. The number of hydrogen-bond donors (Lipinski definition) is 1. The molecule has 3 aromatic rings. The predicted octanol–water partition coefficient (Wildman–Crippen LogP) is 2.87. The van der Waals surface area contributed by atoms with Crippen molar-refractivity contribution in [2.75, 3.05) is 24.0 Å². The number of anilines is 2. The number of benzene rings is 2. The van der Waals surface area contributed by atoms with Crippen molar-refractivity contribution in [1.29, 1.82) is 0 Å². The van der Waals surface area contributed by atoms with Crippen LogP contribution in [0.3, 0.4) is 0 Å². The molecule has 7 nitrogen and oxygen atoms in total. The Morgan fingerprint density at radius 3 is 2.47 bits per heavy atom. The highest BCUT2D eigenvalue weighted by Crippen LogP contribution is 2.18. The maximum Gasteiger partial charge on any atom is 0.367 e. The topological polar surface area (TPSA) is 62.7 Å². The van der Waals surface area contributed by atoms with E-state index in [1.54, 1.807) is 11.9 Å². The van der Waals surface area contributed by atoms with Crippen LogP contribution >= 0.6 is 0 Å². The number of nitrogens with zero attached hydrogens (tertiary/aromatic N) is 4. The number of carbonyl (C=O) groups excluding carboxylic acids is 1. The molecule has 0 spiro atoms. The van der Waals surface area contributed by atoms with Gasteiger partial charge in [-0.25, -0.2) is 13.9 Å². The van der Waals surface area contributed by atoms with Crippen molar-refractivity contribution in [3.63, 3.8) is 0 Å². The first-order chi connectivity index (χ1) is 14.5. The van der Waals surface area contributed by atoms with Crippen LogP contribution in [0.2, 0.25) is 0 Å². The van der Waals surface area contributed by atoms with Crippen LogP contribution in [0.15, 0.2) is 72.1 Å². The van der Waals surface area contributed by atoms with Crippen LogP contribution in [0.25, 0.3) is 0 Å². The maximum atomic E-state index is 12.6. The molecule has 0 fully saturated rings. The first-order valence-corrected chi connectivity index (χ1v) is 9.88. The molecule has 3 rings (SSSR count). The lowest BCUT2D eigenvalue weighted by atomic mass is 10.2. The summed E-state index contributed by atoms with van der Waals surface area (Å²) in [7, 11) is 5.56. The number of hydrogen-bond acceptors (Lipinski definition) is 5. The monoisotopic (exact) mass is 406 g/mol. The van der Waals surface area contributed by atoms with Crippen molar-refractivity contribution >= 4 is 23.1 Å². The van der Waals surface area contributed by atoms with Gasteiger partial charge in [0.2, 0.25) is 0 Å². The molecule has 1 heterocycles. The minimum Gasteiger partial charge on any atom is -0.461 e. The van der Waals surface area contributed by atoms with Gasteiger partial charge < -0.3 is 10.1 Å². The summed E-state index contributed by atoms with van der Waals surface area (Å²) in [4.78, 5) is 12.6. The van der Waals surface area contributed by atoms with E-state index in [0.717, 1.165) is 17.9 Å². The van der Waals surface area contributed by atoms with E-state index in [2.05, 4.69) is 22.6 Å². The van der Waals surface area contributed by atoms with Crippen LogP contribution in [0.1, 0.15) is 18.3 Å². The van der Waals surface area contributed by atoms with E-state index in [0.29, 0.717) is 5.82 Å². The Morgan fingerprint density at radius 2 is 1.87 bits per heavy atom. The van der Waals surface area contributed by atoms with E-state index in [4.69, 9.17) is 4.74 Å². The second-order valence-electron chi connectivity index (χ2n) is 6.92. The molecule has 0 saturated carbocycles. The lowest BCUT2D eigenvalue weighted by molar-refractivity contribution is -0.672. The number of esters is 1. The molecule has 0 atom stereocenters. The van der Waals surface area contributed by atoms with Gasteiger partial charge in [-0.2, -0.15) is 5.10 Å². The molecule has 1 N–H and O–H groups in total. The van der Waals surface area contributed by atoms with E-state index < -0.39 is 5.97 Å². The average Bonchev–Trinajstić information content (AvgIpc) is 3.09. The zero-order chi connectivity index (χ0) is 21.5. The van der Waals surface area contributed by atoms with Crippen LogP contribution < -0.4 is 14.9 Å². The minimum absolute atomic E-state index is 0.251. The number of nitrogens with one attached hydrogen (secondary N) is 1. The average molecular weight is 407 g/mol. The first-order valence-electron chi connectivity index (χ1n) is 9.88. The van der Waals surface area contributed by atoms with Gasteiger partial charge in [0.05, 0.1) is 26.4 Å². The predicted molar refractivity (Wildman–Crippen MR) is 118 cm³/mol. The third-order valence-electron chi connectivity index (χ3n) is 4.69. The number of aromatic nitrogens is 2. The third-order valence-corrected chi connectivity index (χ3v) is 4.69. The Morgan fingerprint density at radius 1 is 1.17 bits per heavy atom. The van der Waals surface area contributed by atoms with E-state index in [1.807, 2.05) is 85.1 Å². The Kier molecular flexibility index (Phi) is 6.85. The molecule has 30 heavy (non-hydrogen) atoms. The van der Waals surface area contributed by atoms with Crippen molar-refractivity contribution in [2.45, 2.75) is 13.5 Å². The number of rotatable bonds is 8. The molecule has 0 saturated heterocycles. The van der Waals surface area contributed by atoms with Crippen LogP contribution in [0.4, 0.5) is 11.4 Å². The summed E-state index contributed by atoms with van der Waals surface area (Å²) in [6.45, 7) is 2.83. The summed E-state index contributed by atoms with van der Waals surface area (Å²) in [6, 6.07) is 18.2. The maximum absolute atomic E-state index is 12.6. The Balaban J connectivity index is 1.78. The molecule has 0 aliphatic carbocycles. The molecule has 0 unspecified atom stereocenters. The van der Waals surface area contributed by atoms with Gasteiger partial charge in [-0.1, -0.05) is 30.3 Å². The van der Waals surface area contributed by atoms with E-state index in [-0.39, 0.29) is 12.3 Å². The molecule has 7 heteroatoms. The molecule has 0 radical (unpaired) electrons. The number of ether oxygens (including phenoxy) is 1. The fourth-order valence-corrected chi connectivity index (χ4v) is 3.10. The van der Waals surface area contributed by atoms with Crippen molar-refractivity contribution in [3.05, 3.63) is 78.4 Å². The summed E-state index contributed by atoms with van der Waals surface area (Å²) in [5.74, 6) is 0.212. The van der Waals surface area contributed by atoms with Crippen molar-refractivity contribution < 1.29 is 14.1 Å². The smallest absolute Gasteiger partial charge is 0.367 e. The Labute approximate surface area is 177 Å². The first kappa shape index (κ1) is 21.1. The van der Waals surface area contributed by atoms with Gasteiger partial charge in [-0.05, 0) is 36.8 Å². The zero-order valence-corrected chi connectivity index (χ0v) is 17.9. The molecule has 0 aliphatic rings. The molecular formula is C23H28N5O2+. The minimum atomic E-state index is -0.456. The van der Waals surface area contributed by atoms with Crippen LogP contribution in [0.5, 0.6) is 0 Å². The summed E-state index contributed by atoms with van der Waals surface area (Å²) in [5.41, 5.74) is 3.34. The summed E-state index contributed by atoms with van der Waals surface area (Å²) in [6.07, 6.45) is 3.74. The Bertz CT molecular complexity index is 990. The summed E-state index contributed by atoms with van der Waals surface area (Å²) in [5, 5.41) is 9.65. The summed E-state index contributed by atoms with van der Waals surface area (Å²) < 4.78 is 8.93. The highest BCUT2D eigenvalue weighted by molar-refractivity contribution is 6.42. The zero-order valence-electron chi connectivity index (χ0n) is 17.9. The van der Waals surface area contributed by atoms with Gasteiger partial charge in [-0.15, -0.1) is 0 Å². The lowest BCUT2D eigenvalue weighted by Crippen LogP contribution is -2.39. The summed E-state index contributed by atoms with van der Waals surface area (Å²) >= 11 is 0. The fourth-order valence-electron chi connectivity index (χ4n) is 3.10. The molecule has 1 aromatic heterocycles. The highest BCUT2D eigenvalue weighted by atomic mass is 16.5. The van der Waals surface area contributed by atoms with Crippen molar-refractivity contribution in [2.24, 2.45) is 19.2 Å². The fraction of sp³-hybridized carbons (Fsp3) is 0.261. The second-order valence-corrected chi connectivity index (χ2v) is 6.92. The van der Waals surface area contributed by atoms with Crippen molar-refractivity contribution in [3.8, 4) is 0 Å². The van der Waals surface area contributed by atoms with Gasteiger partial charge in [-0.3, -0.25) is 5.01 Å². The van der Waals surface area contributed by atoms with Gasteiger partial charge in [0.1, 0.15) is 12.4 Å². The molecule has 156 valence electrons. The number of hydrazone groups is 1. The van der Waals surface area contributed by atoms with Crippen LogP contribution in [-0.4, -0.2) is 29.9 Å². The number of carbonyl (C=O) groups is 1. The third kappa shape index (κ3) is 5.05. The number of aryl methyl sites for hydroxylation is 2. The van der Waals surface area contributed by atoms with Gasteiger partial charge in [0.15, 0.2) is 0 Å².